The van der Waals surface area contributed by atoms with E-state index in [0.717, 1.165) is 21.9 Å². The van der Waals surface area contributed by atoms with Crippen molar-refractivity contribution in [3.63, 3.8) is 0 Å². The highest BCUT2D eigenvalue weighted by Crippen LogP contribution is 2.37. The maximum atomic E-state index is 12.1. The van der Waals surface area contributed by atoms with Crippen LogP contribution in [0.4, 0.5) is 5.69 Å². The van der Waals surface area contributed by atoms with Gasteiger partial charge in [0.1, 0.15) is 0 Å². The smallest absolute Gasteiger partial charge is 0.232 e. The summed E-state index contributed by atoms with van der Waals surface area (Å²) >= 11 is 0. The molecule has 4 heteroatoms. The molecule has 0 bridgehead atoms. The molecule has 3 rings (SSSR count). The molecule has 0 fully saturated rings. The van der Waals surface area contributed by atoms with E-state index in [0.29, 0.717) is 5.69 Å². The Kier molecular flexibility index (Phi) is 3.62. The SMILES string of the molecule is CN(c1c(-c2ccccc2)ccc2ccccc12)S(C)(=O)=O. The summed E-state index contributed by atoms with van der Waals surface area (Å²) in [6.45, 7) is 0. The Morgan fingerprint density at radius 3 is 2.14 bits per heavy atom. The molecule has 0 saturated heterocycles. The number of hydrogen-bond acceptors (Lipinski definition) is 2. The van der Waals surface area contributed by atoms with Gasteiger partial charge in [0.05, 0.1) is 11.9 Å². The van der Waals surface area contributed by atoms with E-state index in [9.17, 15) is 8.42 Å². The van der Waals surface area contributed by atoms with Gasteiger partial charge in [-0.05, 0) is 10.9 Å². The second kappa shape index (κ2) is 5.46. The topological polar surface area (TPSA) is 37.4 Å². The monoisotopic (exact) mass is 311 g/mol. The third-order valence-corrected chi connectivity index (χ3v) is 4.98. The van der Waals surface area contributed by atoms with Gasteiger partial charge < -0.3 is 0 Å². The Morgan fingerprint density at radius 2 is 1.45 bits per heavy atom. The predicted octanol–water partition coefficient (Wildman–Crippen LogP) is 3.90. The van der Waals surface area contributed by atoms with Gasteiger partial charge in [0, 0.05) is 18.0 Å². The zero-order valence-electron chi connectivity index (χ0n) is 12.5. The first-order valence-electron chi connectivity index (χ1n) is 6.99. The van der Waals surface area contributed by atoms with Crippen molar-refractivity contribution >= 4 is 26.5 Å². The van der Waals surface area contributed by atoms with Crippen LogP contribution < -0.4 is 4.31 Å². The van der Waals surface area contributed by atoms with Crippen molar-refractivity contribution in [3.8, 4) is 11.1 Å². The molecule has 3 aromatic carbocycles. The Morgan fingerprint density at radius 1 is 0.818 bits per heavy atom. The van der Waals surface area contributed by atoms with Crippen LogP contribution in [0, 0.1) is 0 Å². The fourth-order valence-corrected chi connectivity index (χ4v) is 3.14. The van der Waals surface area contributed by atoms with E-state index in [2.05, 4.69) is 0 Å². The van der Waals surface area contributed by atoms with E-state index in [1.54, 1.807) is 7.05 Å². The van der Waals surface area contributed by atoms with Gasteiger partial charge in [-0.2, -0.15) is 0 Å². The maximum absolute atomic E-state index is 12.1. The molecule has 0 radical (unpaired) electrons. The van der Waals surface area contributed by atoms with Gasteiger partial charge in [0.2, 0.25) is 10.0 Å². The van der Waals surface area contributed by atoms with Crippen LogP contribution in [-0.4, -0.2) is 21.7 Å². The van der Waals surface area contributed by atoms with Gasteiger partial charge in [-0.1, -0.05) is 66.7 Å². The zero-order chi connectivity index (χ0) is 15.7. The molecule has 112 valence electrons. The minimum atomic E-state index is -3.34. The van der Waals surface area contributed by atoms with Crippen LogP contribution in [0.2, 0.25) is 0 Å². The first-order valence-corrected chi connectivity index (χ1v) is 8.84. The van der Waals surface area contributed by atoms with Crippen LogP contribution in [-0.2, 0) is 10.0 Å². The summed E-state index contributed by atoms with van der Waals surface area (Å²) in [6, 6.07) is 21.7. The van der Waals surface area contributed by atoms with Crippen molar-refractivity contribution in [2.75, 3.05) is 17.6 Å². The van der Waals surface area contributed by atoms with Crippen molar-refractivity contribution < 1.29 is 8.42 Å². The van der Waals surface area contributed by atoms with Crippen molar-refractivity contribution in [2.45, 2.75) is 0 Å². The van der Waals surface area contributed by atoms with Crippen molar-refractivity contribution in [1.82, 2.24) is 0 Å². The van der Waals surface area contributed by atoms with Gasteiger partial charge in [-0.25, -0.2) is 8.42 Å². The third-order valence-electron chi connectivity index (χ3n) is 3.80. The Labute approximate surface area is 130 Å². The van der Waals surface area contributed by atoms with Crippen LogP contribution in [0.25, 0.3) is 21.9 Å². The van der Waals surface area contributed by atoms with Crippen LogP contribution >= 0.6 is 0 Å². The molecule has 0 unspecified atom stereocenters. The Bertz CT molecular complexity index is 918. The standard InChI is InChI=1S/C18H17NO2S/c1-19(22(2,20)21)18-16-11-7-6-10-15(16)12-13-17(18)14-8-4-3-5-9-14/h3-13H,1-2H3. The van der Waals surface area contributed by atoms with Crippen molar-refractivity contribution in [2.24, 2.45) is 0 Å². The summed E-state index contributed by atoms with van der Waals surface area (Å²) in [4.78, 5) is 0. The first kappa shape index (κ1) is 14.6. The summed E-state index contributed by atoms with van der Waals surface area (Å²) in [5.74, 6) is 0. The molecular formula is C18H17NO2S. The van der Waals surface area contributed by atoms with E-state index in [4.69, 9.17) is 0 Å². The largest absolute Gasteiger partial charge is 0.272 e. The first-order chi connectivity index (χ1) is 10.5. The maximum Gasteiger partial charge on any atom is 0.232 e. The second-order valence-corrected chi connectivity index (χ2v) is 7.29. The number of anilines is 1. The molecule has 0 saturated carbocycles. The number of hydrogen-bond donors (Lipinski definition) is 0. The van der Waals surface area contributed by atoms with Crippen LogP contribution in [0.5, 0.6) is 0 Å². The summed E-state index contributed by atoms with van der Waals surface area (Å²) in [5, 5.41) is 1.95. The molecule has 0 aliphatic rings. The van der Waals surface area contributed by atoms with Crippen LogP contribution in [0.1, 0.15) is 0 Å². The van der Waals surface area contributed by atoms with Gasteiger partial charge in [-0.15, -0.1) is 0 Å². The van der Waals surface area contributed by atoms with Crippen LogP contribution in [0.3, 0.4) is 0 Å². The van der Waals surface area contributed by atoms with E-state index in [1.807, 2.05) is 66.7 Å². The fourth-order valence-electron chi connectivity index (χ4n) is 2.61. The molecule has 0 spiro atoms. The minimum absolute atomic E-state index is 0.715. The molecule has 0 N–H and O–H groups in total. The number of benzene rings is 3. The molecule has 0 atom stereocenters. The molecular weight excluding hydrogens is 294 g/mol. The molecule has 0 aliphatic heterocycles. The van der Waals surface area contributed by atoms with E-state index in [-0.39, 0.29) is 0 Å². The number of sulfonamides is 1. The van der Waals surface area contributed by atoms with Crippen LogP contribution in [0.15, 0.2) is 66.7 Å². The molecule has 0 heterocycles. The van der Waals surface area contributed by atoms with Crippen molar-refractivity contribution in [3.05, 3.63) is 66.7 Å². The third kappa shape index (κ3) is 2.57. The molecule has 0 aliphatic carbocycles. The lowest BCUT2D eigenvalue weighted by Crippen LogP contribution is -2.25. The van der Waals surface area contributed by atoms with E-state index >= 15 is 0 Å². The lowest BCUT2D eigenvalue weighted by molar-refractivity contribution is 0.600. The van der Waals surface area contributed by atoms with Crippen molar-refractivity contribution in [1.29, 1.82) is 0 Å². The van der Waals surface area contributed by atoms with E-state index < -0.39 is 10.0 Å². The fraction of sp³-hybridized carbons (Fsp3) is 0.111. The average Bonchev–Trinajstić information content (AvgIpc) is 2.53. The molecule has 0 aromatic heterocycles. The second-order valence-electron chi connectivity index (χ2n) is 5.28. The Hall–Kier alpha value is -2.33. The summed E-state index contributed by atoms with van der Waals surface area (Å²) in [7, 11) is -1.74. The Balaban J connectivity index is 2.38. The van der Waals surface area contributed by atoms with Gasteiger partial charge in [-0.3, -0.25) is 4.31 Å². The van der Waals surface area contributed by atoms with Gasteiger partial charge >= 0.3 is 0 Å². The summed E-state index contributed by atoms with van der Waals surface area (Å²) < 4.78 is 25.5. The summed E-state index contributed by atoms with van der Waals surface area (Å²) in [5.41, 5.74) is 2.62. The van der Waals surface area contributed by atoms with Gasteiger partial charge in [0.15, 0.2) is 0 Å². The quantitative estimate of drug-likeness (QED) is 0.735. The molecule has 0 amide bonds. The zero-order valence-corrected chi connectivity index (χ0v) is 13.3. The normalized spacial score (nSPS) is 11.5. The highest BCUT2D eigenvalue weighted by molar-refractivity contribution is 7.92. The number of rotatable bonds is 3. The lowest BCUT2D eigenvalue weighted by atomic mass is 9.98. The lowest BCUT2D eigenvalue weighted by Gasteiger charge is -2.22. The molecule has 3 aromatic rings. The highest BCUT2D eigenvalue weighted by atomic mass is 32.2. The minimum Gasteiger partial charge on any atom is -0.272 e. The number of fused-ring (bicyclic) bond motifs is 1. The average molecular weight is 311 g/mol. The number of nitrogens with zero attached hydrogens (tertiary/aromatic N) is 1. The predicted molar refractivity (Wildman–Crippen MR) is 92.6 cm³/mol. The summed E-state index contributed by atoms with van der Waals surface area (Å²) in [6.07, 6.45) is 1.23. The van der Waals surface area contributed by atoms with E-state index in [1.165, 1.54) is 10.6 Å². The molecule has 22 heavy (non-hydrogen) atoms. The molecule has 3 nitrogen and oxygen atoms in total. The van der Waals surface area contributed by atoms with Gasteiger partial charge in [0.25, 0.3) is 0 Å². The highest BCUT2D eigenvalue weighted by Gasteiger charge is 2.19.